The van der Waals surface area contributed by atoms with E-state index in [1.165, 1.54) is 12.5 Å². The highest BCUT2D eigenvalue weighted by Gasteiger charge is 2.27. The lowest BCUT2D eigenvalue weighted by molar-refractivity contribution is -0.120. The van der Waals surface area contributed by atoms with Crippen LogP contribution in [0.1, 0.15) is 75.8 Å². The lowest BCUT2D eigenvalue weighted by Gasteiger charge is -2.30. The molecule has 204 valence electrons. The summed E-state index contributed by atoms with van der Waals surface area (Å²) < 4.78 is 37.2. The normalized spacial score (nSPS) is 20.4. The highest BCUT2D eigenvalue weighted by Crippen LogP contribution is 2.26. The molecule has 1 aromatic carbocycles. The number of fused-ring (bicyclic) bond motifs is 1. The van der Waals surface area contributed by atoms with E-state index >= 15 is 0 Å². The fraction of sp³-hybridized carbons (Fsp3) is 0.643. The predicted octanol–water partition coefficient (Wildman–Crippen LogP) is 4.67. The minimum atomic E-state index is -0.548. The van der Waals surface area contributed by atoms with Crippen LogP contribution in [0.4, 0.5) is 14.6 Å². The number of hydrogen-bond donors (Lipinski definition) is 2. The minimum Gasteiger partial charge on any atom is -0.378 e. The van der Waals surface area contributed by atoms with Gasteiger partial charge in [-0.2, -0.15) is 0 Å². The van der Waals surface area contributed by atoms with E-state index in [1.807, 2.05) is 14.0 Å². The summed E-state index contributed by atoms with van der Waals surface area (Å²) in [4.78, 5) is 25.5. The quantitative estimate of drug-likeness (QED) is 0.428. The van der Waals surface area contributed by atoms with Gasteiger partial charge in [0.05, 0.1) is 24.9 Å². The highest BCUT2D eigenvalue weighted by molar-refractivity contribution is 5.94. The molecule has 0 spiro atoms. The molecule has 0 radical (unpaired) electrons. The molecule has 1 saturated heterocycles. The van der Waals surface area contributed by atoms with Gasteiger partial charge in [-0.1, -0.05) is 13.3 Å². The lowest BCUT2D eigenvalue weighted by atomic mass is 9.87. The molecule has 2 aromatic rings. The van der Waals surface area contributed by atoms with Gasteiger partial charge < -0.3 is 15.4 Å². The number of benzene rings is 1. The number of carbonyl (C=O) groups excluding carboxylic acids is 2. The molecule has 1 aromatic heterocycles. The van der Waals surface area contributed by atoms with Crippen molar-refractivity contribution in [2.75, 3.05) is 11.9 Å². The topological polar surface area (TPSA) is 77.3 Å². The number of hydrogen-bond acceptors (Lipinski definition) is 4. The third-order valence-corrected chi connectivity index (χ3v) is 7.65. The molecular weight excluding hydrogens is 478 g/mol. The van der Waals surface area contributed by atoms with Crippen LogP contribution in [0.3, 0.4) is 0 Å². The van der Waals surface area contributed by atoms with Crippen molar-refractivity contribution < 1.29 is 23.1 Å². The fourth-order valence-corrected chi connectivity index (χ4v) is 5.49. The number of aromatic nitrogens is 2. The van der Waals surface area contributed by atoms with E-state index in [0.29, 0.717) is 48.7 Å². The fourth-order valence-electron chi connectivity index (χ4n) is 5.49. The van der Waals surface area contributed by atoms with E-state index in [1.54, 1.807) is 15.6 Å². The average molecular weight is 519 g/mol. The number of amides is 1. The first-order chi connectivity index (χ1) is 17.8. The number of ketones is 1. The zero-order valence-electron chi connectivity index (χ0n) is 22.0. The molecule has 1 aliphatic heterocycles. The van der Waals surface area contributed by atoms with Crippen LogP contribution in [-0.2, 0) is 40.8 Å². The van der Waals surface area contributed by atoms with Gasteiger partial charge in [-0.25, -0.2) is 8.78 Å². The van der Waals surface area contributed by atoms with Crippen molar-refractivity contribution in [2.45, 2.75) is 102 Å². The Balaban J connectivity index is 1.25. The Kier molecular flexibility index (Phi) is 9.54. The van der Waals surface area contributed by atoms with Crippen LogP contribution in [-0.4, -0.2) is 45.8 Å². The number of nitrogens with one attached hydrogen (secondary N) is 2. The maximum absolute atomic E-state index is 14.3. The van der Waals surface area contributed by atoms with Gasteiger partial charge in [-0.15, -0.1) is 0 Å². The van der Waals surface area contributed by atoms with Gasteiger partial charge in [0.2, 0.25) is 5.91 Å². The van der Waals surface area contributed by atoms with Gasteiger partial charge in [0.15, 0.2) is 5.78 Å². The largest absolute Gasteiger partial charge is 0.378 e. The van der Waals surface area contributed by atoms with Crippen LogP contribution in [0.5, 0.6) is 0 Å². The number of carbonyl (C=O) groups is 2. The predicted molar refractivity (Wildman–Crippen MR) is 138 cm³/mol. The second-order valence-corrected chi connectivity index (χ2v) is 10.5. The van der Waals surface area contributed by atoms with Crippen molar-refractivity contribution in [3.63, 3.8) is 0 Å². The number of Topliss-reactive ketones (excluding diaryl/α,β-unsaturated/α-hetero) is 1. The van der Waals surface area contributed by atoms with E-state index in [4.69, 9.17) is 4.74 Å². The summed E-state index contributed by atoms with van der Waals surface area (Å²) in [6.07, 6.45) is 11.0. The van der Waals surface area contributed by atoms with Crippen LogP contribution in [0.25, 0.3) is 0 Å². The van der Waals surface area contributed by atoms with Crippen molar-refractivity contribution in [1.82, 2.24) is 14.7 Å². The third kappa shape index (κ3) is 7.29. The number of rotatable bonds is 12. The molecule has 7 nitrogen and oxygen atoms in total. The van der Waals surface area contributed by atoms with E-state index in [2.05, 4.69) is 10.6 Å². The number of halogens is 2. The highest BCUT2D eigenvalue weighted by atomic mass is 19.1. The Morgan fingerprint density at radius 1 is 1.22 bits per heavy atom. The zero-order valence-corrected chi connectivity index (χ0v) is 22.0. The maximum Gasteiger partial charge on any atom is 0.242 e. The summed E-state index contributed by atoms with van der Waals surface area (Å²) in [7, 11) is 1.82. The number of anilines is 1. The Bertz CT molecular complexity index is 1070. The summed E-state index contributed by atoms with van der Waals surface area (Å²) >= 11 is 0. The van der Waals surface area contributed by atoms with Crippen LogP contribution >= 0.6 is 0 Å². The second kappa shape index (κ2) is 12.8. The van der Waals surface area contributed by atoms with E-state index in [0.717, 1.165) is 51.2 Å². The Morgan fingerprint density at radius 3 is 2.78 bits per heavy atom. The van der Waals surface area contributed by atoms with Crippen LogP contribution < -0.4 is 10.6 Å². The molecule has 4 rings (SSSR count). The number of aryl methyl sites for hydroxylation is 1. The molecule has 3 atom stereocenters. The SMILES string of the molecule is CCC[C@H](N[C@H]1CCc2cc(F)cc(F)c2C1)C(=O)Nc1cn(CC(=O)CCCC2CCCCO2)n1C. The monoisotopic (exact) mass is 518 g/mol. The Hall–Kier alpha value is -2.52. The van der Waals surface area contributed by atoms with Gasteiger partial charge in [-0.3, -0.25) is 19.0 Å². The molecule has 1 aliphatic carbocycles. The van der Waals surface area contributed by atoms with Gasteiger partial charge in [0.25, 0.3) is 0 Å². The summed E-state index contributed by atoms with van der Waals surface area (Å²) in [5.74, 6) is -0.403. The molecular formula is C28H40F2N4O3. The van der Waals surface area contributed by atoms with Gasteiger partial charge >= 0.3 is 0 Å². The molecule has 2 aliphatic rings. The molecule has 0 bridgehead atoms. The maximum atomic E-state index is 14.3. The first-order valence-electron chi connectivity index (χ1n) is 13.7. The molecule has 2 heterocycles. The smallest absolute Gasteiger partial charge is 0.242 e. The van der Waals surface area contributed by atoms with Gasteiger partial charge in [0.1, 0.15) is 17.5 Å². The standard InChI is InChI=1S/C28H40F2N4O3/c1-3-7-26(31-21-12-11-19-14-20(29)15-25(30)24(19)16-21)28(36)32-27-18-34(33(27)2)17-22(35)8-6-10-23-9-4-5-13-37-23/h14-15,18,21,23,26,31H,3-13,16-17H2,1-2H3,(H,32,36)/t21-,23?,26-/m0/s1. The molecule has 9 heteroatoms. The Labute approximate surface area is 217 Å². The summed E-state index contributed by atoms with van der Waals surface area (Å²) in [6, 6.07) is 1.85. The molecule has 1 amide bonds. The van der Waals surface area contributed by atoms with Gasteiger partial charge in [0, 0.05) is 32.2 Å². The van der Waals surface area contributed by atoms with Crippen molar-refractivity contribution in [1.29, 1.82) is 0 Å². The molecule has 2 N–H and O–H groups in total. The first kappa shape index (κ1) is 27.5. The molecule has 37 heavy (non-hydrogen) atoms. The van der Waals surface area contributed by atoms with Crippen LogP contribution in [0.2, 0.25) is 0 Å². The minimum absolute atomic E-state index is 0.0593. The lowest BCUT2D eigenvalue weighted by Crippen LogP contribution is -2.48. The van der Waals surface area contributed by atoms with E-state index < -0.39 is 17.7 Å². The van der Waals surface area contributed by atoms with Crippen molar-refractivity contribution in [3.8, 4) is 0 Å². The summed E-state index contributed by atoms with van der Waals surface area (Å²) in [5, 5.41) is 6.37. The van der Waals surface area contributed by atoms with Gasteiger partial charge in [-0.05, 0) is 75.0 Å². The van der Waals surface area contributed by atoms with Crippen molar-refractivity contribution >= 4 is 17.5 Å². The van der Waals surface area contributed by atoms with Crippen molar-refractivity contribution in [3.05, 3.63) is 41.1 Å². The van der Waals surface area contributed by atoms with E-state index in [9.17, 15) is 18.4 Å². The molecule has 0 saturated carbocycles. The second-order valence-electron chi connectivity index (χ2n) is 10.5. The summed E-state index contributed by atoms with van der Waals surface area (Å²) in [5.41, 5.74) is 1.25. The number of nitrogens with zero attached hydrogens (tertiary/aromatic N) is 2. The molecule has 1 fully saturated rings. The third-order valence-electron chi connectivity index (χ3n) is 7.65. The average Bonchev–Trinajstić information content (AvgIpc) is 2.88. The zero-order chi connectivity index (χ0) is 26.4. The first-order valence-corrected chi connectivity index (χ1v) is 13.7. The van der Waals surface area contributed by atoms with E-state index in [-0.39, 0.29) is 24.3 Å². The number of ether oxygens (including phenoxy) is 1. The Morgan fingerprint density at radius 2 is 2.05 bits per heavy atom. The van der Waals surface area contributed by atoms with Crippen LogP contribution in [0.15, 0.2) is 18.3 Å². The van der Waals surface area contributed by atoms with Crippen LogP contribution in [0, 0.1) is 11.6 Å². The summed E-state index contributed by atoms with van der Waals surface area (Å²) in [6.45, 7) is 3.13. The molecule has 1 unspecified atom stereocenters. The van der Waals surface area contributed by atoms with Crippen molar-refractivity contribution in [2.24, 2.45) is 7.05 Å².